The summed E-state index contributed by atoms with van der Waals surface area (Å²) in [4.78, 5) is 15.7. The Balaban J connectivity index is 1.60. The smallest absolute Gasteiger partial charge is 0.135 e. The van der Waals surface area contributed by atoms with Crippen molar-refractivity contribution in [1.82, 2.24) is 15.0 Å². The Labute approximate surface area is 153 Å². The molecule has 2 atom stereocenters. The molecule has 1 N–H and O–H groups in total. The van der Waals surface area contributed by atoms with Crippen molar-refractivity contribution in [2.24, 2.45) is 5.92 Å². The van der Waals surface area contributed by atoms with Gasteiger partial charge < -0.3 is 10.0 Å². The van der Waals surface area contributed by atoms with Crippen LogP contribution in [0.3, 0.4) is 0 Å². The number of anilines is 1. The standard InChI is InChI=1S/C21H24N4O/c1-13-14(2)23-15(3)24-21(13)25-11-17(20(26)12-25)10-16-8-9-22-19-7-5-4-6-18(16)19/h4-9,17,20,26H,10-12H2,1-3H3/t17-,20-/m1/s1. The lowest BCUT2D eigenvalue weighted by atomic mass is 9.94. The third-order valence-electron chi connectivity index (χ3n) is 5.40. The number of aromatic nitrogens is 3. The summed E-state index contributed by atoms with van der Waals surface area (Å²) >= 11 is 0. The SMILES string of the molecule is Cc1nc(C)c(C)c(N2C[C@@H](Cc3ccnc4ccccc34)[C@H](O)C2)n1. The first kappa shape index (κ1) is 16.9. The first-order valence-corrected chi connectivity index (χ1v) is 9.10. The molecule has 1 saturated heterocycles. The van der Waals surface area contributed by atoms with Crippen molar-refractivity contribution in [1.29, 1.82) is 0 Å². The Morgan fingerprint density at radius 1 is 1.08 bits per heavy atom. The van der Waals surface area contributed by atoms with Gasteiger partial charge in [0.25, 0.3) is 0 Å². The molecule has 5 heteroatoms. The zero-order chi connectivity index (χ0) is 18.3. The summed E-state index contributed by atoms with van der Waals surface area (Å²) in [5.41, 5.74) is 4.35. The van der Waals surface area contributed by atoms with E-state index in [-0.39, 0.29) is 12.0 Å². The van der Waals surface area contributed by atoms with Crippen LogP contribution in [0.5, 0.6) is 0 Å². The number of hydrogen-bond acceptors (Lipinski definition) is 5. The molecule has 0 amide bonds. The minimum absolute atomic E-state index is 0.177. The van der Waals surface area contributed by atoms with Gasteiger partial charge in [-0.15, -0.1) is 0 Å². The molecule has 3 aromatic rings. The third kappa shape index (κ3) is 3.03. The van der Waals surface area contributed by atoms with Gasteiger partial charge in [0.15, 0.2) is 0 Å². The highest BCUT2D eigenvalue weighted by Crippen LogP contribution is 2.30. The quantitative estimate of drug-likeness (QED) is 0.788. The molecule has 2 aromatic heterocycles. The number of hydrogen-bond donors (Lipinski definition) is 1. The highest BCUT2D eigenvalue weighted by atomic mass is 16.3. The van der Waals surface area contributed by atoms with E-state index in [1.165, 1.54) is 10.9 Å². The fourth-order valence-corrected chi connectivity index (χ4v) is 3.90. The van der Waals surface area contributed by atoms with Crippen LogP contribution in [0.1, 0.15) is 22.6 Å². The molecular formula is C21H24N4O. The van der Waals surface area contributed by atoms with Gasteiger partial charge in [-0.3, -0.25) is 4.98 Å². The first-order chi connectivity index (χ1) is 12.5. The fourth-order valence-electron chi connectivity index (χ4n) is 3.90. The highest BCUT2D eigenvalue weighted by Gasteiger charge is 2.33. The van der Waals surface area contributed by atoms with Crippen molar-refractivity contribution in [3.63, 3.8) is 0 Å². The molecule has 1 aromatic carbocycles. The number of aryl methyl sites for hydroxylation is 2. The molecule has 0 aliphatic carbocycles. The van der Waals surface area contributed by atoms with E-state index < -0.39 is 0 Å². The molecule has 134 valence electrons. The Morgan fingerprint density at radius 2 is 1.88 bits per heavy atom. The Morgan fingerprint density at radius 3 is 2.73 bits per heavy atom. The summed E-state index contributed by atoms with van der Waals surface area (Å²) in [7, 11) is 0. The van der Waals surface area contributed by atoms with Crippen LogP contribution in [0.15, 0.2) is 36.5 Å². The molecule has 1 fully saturated rings. The predicted octanol–water partition coefficient (Wildman–Crippen LogP) is 2.99. The van der Waals surface area contributed by atoms with Crippen molar-refractivity contribution >= 4 is 16.7 Å². The monoisotopic (exact) mass is 348 g/mol. The van der Waals surface area contributed by atoms with E-state index in [1.54, 1.807) is 0 Å². The number of β-amino-alcohol motifs (C(OH)–C–C–N with tert-alkyl or cyclic N) is 1. The number of benzene rings is 1. The van der Waals surface area contributed by atoms with E-state index in [2.05, 4.69) is 38.9 Å². The van der Waals surface area contributed by atoms with Crippen LogP contribution in [0.4, 0.5) is 5.82 Å². The van der Waals surface area contributed by atoms with Crippen molar-refractivity contribution in [3.8, 4) is 0 Å². The van der Waals surface area contributed by atoms with Gasteiger partial charge in [-0.05, 0) is 44.9 Å². The number of pyridine rings is 1. The fraction of sp³-hybridized carbons (Fsp3) is 0.381. The van der Waals surface area contributed by atoms with Gasteiger partial charge in [0, 0.05) is 41.8 Å². The van der Waals surface area contributed by atoms with E-state index in [1.807, 2.05) is 38.2 Å². The van der Waals surface area contributed by atoms with Gasteiger partial charge in [-0.2, -0.15) is 0 Å². The molecule has 4 rings (SSSR count). The van der Waals surface area contributed by atoms with Crippen LogP contribution in [-0.4, -0.2) is 39.3 Å². The summed E-state index contributed by atoms with van der Waals surface area (Å²) in [5.74, 6) is 1.91. The topological polar surface area (TPSA) is 62.1 Å². The zero-order valence-electron chi connectivity index (χ0n) is 15.5. The average Bonchev–Trinajstić information content (AvgIpc) is 2.99. The van der Waals surface area contributed by atoms with E-state index in [4.69, 9.17) is 0 Å². The summed E-state index contributed by atoms with van der Waals surface area (Å²) in [6.07, 6.45) is 2.33. The Kier molecular flexibility index (Phi) is 4.32. The van der Waals surface area contributed by atoms with Crippen LogP contribution in [-0.2, 0) is 6.42 Å². The minimum atomic E-state index is -0.364. The molecule has 1 aliphatic rings. The van der Waals surface area contributed by atoms with E-state index >= 15 is 0 Å². The summed E-state index contributed by atoms with van der Waals surface area (Å²) in [6, 6.07) is 10.3. The molecular weight excluding hydrogens is 324 g/mol. The zero-order valence-corrected chi connectivity index (χ0v) is 15.5. The van der Waals surface area contributed by atoms with Crippen LogP contribution >= 0.6 is 0 Å². The number of para-hydroxylation sites is 1. The largest absolute Gasteiger partial charge is 0.391 e. The van der Waals surface area contributed by atoms with Crippen LogP contribution in [0.2, 0.25) is 0 Å². The summed E-state index contributed by atoms with van der Waals surface area (Å²) in [6.45, 7) is 7.41. The van der Waals surface area contributed by atoms with Gasteiger partial charge in [0.05, 0.1) is 11.6 Å². The lowest BCUT2D eigenvalue weighted by molar-refractivity contribution is 0.148. The summed E-state index contributed by atoms with van der Waals surface area (Å²) < 4.78 is 0. The molecule has 5 nitrogen and oxygen atoms in total. The number of aliphatic hydroxyl groups is 1. The normalized spacial score (nSPS) is 20.1. The molecule has 26 heavy (non-hydrogen) atoms. The van der Waals surface area contributed by atoms with Crippen LogP contribution < -0.4 is 4.90 Å². The maximum Gasteiger partial charge on any atom is 0.135 e. The lowest BCUT2D eigenvalue weighted by Gasteiger charge is -2.20. The molecule has 0 unspecified atom stereocenters. The van der Waals surface area contributed by atoms with Gasteiger partial charge in [0.2, 0.25) is 0 Å². The average molecular weight is 348 g/mol. The van der Waals surface area contributed by atoms with Crippen molar-refractivity contribution < 1.29 is 5.11 Å². The minimum Gasteiger partial charge on any atom is -0.391 e. The van der Waals surface area contributed by atoms with Gasteiger partial charge in [-0.1, -0.05) is 18.2 Å². The number of rotatable bonds is 3. The van der Waals surface area contributed by atoms with Crippen LogP contribution in [0, 0.1) is 26.7 Å². The molecule has 3 heterocycles. The van der Waals surface area contributed by atoms with Crippen LogP contribution in [0.25, 0.3) is 10.9 Å². The van der Waals surface area contributed by atoms with Gasteiger partial charge in [0.1, 0.15) is 11.6 Å². The van der Waals surface area contributed by atoms with E-state index in [9.17, 15) is 5.11 Å². The van der Waals surface area contributed by atoms with Gasteiger partial charge >= 0.3 is 0 Å². The van der Waals surface area contributed by atoms with Crippen molar-refractivity contribution in [3.05, 3.63) is 59.2 Å². The third-order valence-corrected chi connectivity index (χ3v) is 5.40. The molecule has 1 aliphatic heterocycles. The second kappa shape index (κ2) is 6.65. The van der Waals surface area contributed by atoms with E-state index in [0.29, 0.717) is 6.54 Å². The second-order valence-electron chi connectivity index (χ2n) is 7.23. The number of fused-ring (bicyclic) bond motifs is 1. The maximum absolute atomic E-state index is 10.7. The highest BCUT2D eigenvalue weighted by molar-refractivity contribution is 5.81. The van der Waals surface area contributed by atoms with Crippen molar-refractivity contribution in [2.75, 3.05) is 18.0 Å². The van der Waals surface area contributed by atoms with Crippen molar-refractivity contribution in [2.45, 2.75) is 33.3 Å². The van der Waals surface area contributed by atoms with E-state index in [0.717, 1.165) is 41.4 Å². The Hall–Kier alpha value is -2.53. The molecule has 0 saturated carbocycles. The van der Waals surface area contributed by atoms with Gasteiger partial charge in [-0.25, -0.2) is 9.97 Å². The lowest BCUT2D eigenvalue weighted by Crippen LogP contribution is -2.24. The predicted molar refractivity (Wildman–Crippen MR) is 103 cm³/mol. The Bertz CT molecular complexity index is 951. The molecule has 0 bridgehead atoms. The first-order valence-electron chi connectivity index (χ1n) is 9.10. The molecule has 0 spiro atoms. The number of nitrogens with zero attached hydrogens (tertiary/aromatic N) is 4. The number of aliphatic hydroxyl groups excluding tert-OH is 1. The second-order valence-corrected chi connectivity index (χ2v) is 7.23. The molecule has 0 radical (unpaired) electrons. The maximum atomic E-state index is 10.7. The summed E-state index contributed by atoms with van der Waals surface area (Å²) in [5, 5.41) is 11.9.